The van der Waals surface area contributed by atoms with Gasteiger partial charge in [0.25, 0.3) is 5.91 Å². The SMILES string of the molecule is CCCOc1cc(Cl)c(C=N/N=C2/NC(=O)/C(=C\C(=O)OC)S2)cc1OC. The van der Waals surface area contributed by atoms with E-state index < -0.39 is 11.9 Å². The summed E-state index contributed by atoms with van der Waals surface area (Å²) < 4.78 is 15.4. The van der Waals surface area contributed by atoms with Gasteiger partial charge in [0.1, 0.15) is 0 Å². The molecule has 1 aliphatic rings. The Balaban J connectivity index is 2.14. The lowest BCUT2D eigenvalue weighted by atomic mass is 10.2. The van der Waals surface area contributed by atoms with Crippen LogP contribution in [0.1, 0.15) is 18.9 Å². The summed E-state index contributed by atoms with van der Waals surface area (Å²) in [5.74, 6) is -0.00375. The molecule has 0 atom stereocenters. The summed E-state index contributed by atoms with van der Waals surface area (Å²) in [5.41, 5.74) is 0.571. The summed E-state index contributed by atoms with van der Waals surface area (Å²) in [4.78, 5) is 23.1. The van der Waals surface area contributed by atoms with E-state index in [1.807, 2.05) is 6.92 Å². The summed E-state index contributed by atoms with van der Waals surface area (Å²) >= 11 is 7.22. The third kappa shape index (κ3) is 5.73. The monoisotopic (exact) mass is 411 g/mol. The normalized spacial score (nSPS) is 16.8. The van der Waals surface area contributed by atoms with Crippen LogP contribution in [0.3, 0.4) is 0 Å². The number of carbonyl (C=O) groups is 2. The molecule has 1 N–H and O–H groups in total. The number of hydrogen-bond donors (Lipinski definition) is 1. The molecule has 1 amide bonds. The zero-order valence-corrected chi connectivity index (χ0v) is 16.5. The number of methoxy groups -OCH3 is 2. The van der Waals surface area contributed by atoms with E-state index >= 15 is 0 Å². The van der Waals surface area contributed by atoms with Crippen LogP contribution in [0.25, 0.3) is 0 Å². The van der Waals surface area contributed by atoms with Gasteiger partial charge in [-0.15, -0.1) is 5.10 Å². The smallest absolute Gasteiger partial charge is 0.331 e. The van der Waals surface area contributed by atoms with Crippen molar-refractivity contribution >= 4 is 46.6 Å². The Kier molecular flexibility index (Phi) is 7.68. The molecule has 0 radical (unpaired) electrons. The molecule has 0 saturated carbocycles. The van der Waals surface area contributed by atoms with Crippen LogP contribution < -0.4 is 14.8 Å². The second-order valence-corrected chi connectivity index (χ2v) is 6.55. The summed E-state index contributed by atoms with van der Waals surface area (Å²) in [7, 11) is 2.76. The number of halogens is 1. The van der Waals surface area contributed by atoms with Gasteiger partial charge in [-0.05, 0) is 24.2 Å². The van der Waals surface area contributed by atoms with Crippen LogP contribution in [-0.4, -0.2) is 44.1 Å². The molecule has 8 nitrogen and oxygen atoms in total. The third-order valence-electron chi connectivity index (χ3n) is 3.19. The Morgan fingerprint density at radius 3 is 2.78 bits per heavy atom. The van der Waals surface area contributed by atoms with E-state index in [1.54, 1.807) is 12.1 Å². The van der Waals surface area contributed by atoms with Crippen molar-refractivity contribution in [1.82, 2.24) is 5.32 Å². The lowest BCUT2D eigenvalue weighted by Gasteiger charge is -2.11. The number of ether oxygens (including phenoxy) is 3. The number of esters is 1. The van der Waals surface area contributed by atoms with Crippen LogP contribution in [-0.2, 0) is 14.3 Å². The minimum Gasteiger partial charge on any atom is -0.493 e. The molecule has 0 spiro atoms. The van der Waals surface area contributed by atoms with Crippen molar-refractivity contribution in [3.63, 3.8) is 0 Å². The first-order chi connectivity index (χ1) is 13.0. The number of nitrogens with one attached hydrogen (secondary N) is 1. The lowest BCUT2D eigenvalue weighted by Crippen LogP contribution is -2.19. The fourth-order valence-corrected chi connectivity index (χ4v) is 2.86. The second kappa shape index (κ2) is 9.98. The molecule has 0 aliphatic carbocycles. The molecule has 1 fully saturated rings. The van der Waals surface area contributed by atoms with E-state index in [1.165, 1.54) is 20.4 Å². The topological polar surface area (TPSA) is 98.6 Å². The quantitative estimate of drug-likeness (QED) is 0.320. The molecular weight excluding hydrogens is 394 g/mol. The van der Waals surface area contributed by atoms with E-state index in [4.69, 9.17) is 21.1 Å². The van der Waals surface area contributed by atoms with Gasteiger partial charge >= 0.3 is 5.97 Å². The summed E-state index contributed by atoms with van der Waals surface area (Å²) in [5, 5.41) is 11.0. The summed E-state index contributed by atoms with van der Waals surface area (Å²) in [6.45, 7) is 2.55. The largest absolute Gasteiger partial charge is 0.493 e. The Labute approximate surface area is 165 Å². The summed E-state index contributed by atoms with van der Waals surface area (Å²) in [6.07, 6.45) is 3.37. The van der Waals surface area contributed by atoms with Gasteiger partial charge in [-0.2, -0.15) is 5.10 Å². The van der Waals surface area contributed by atoms with E-state index in [0.717, 1.165) is 24.3 Å². The Hall–Kier alpha value is -2.52. The molecule has 1 aliphatic heterocycles. The highest BCUT2D eigenvalue weighted by Gasteiger charge is 2.25. The van der Waals surface area contributed by atoms with Crippen molar-refractivity contribution in [3.05, 3.63) is 33.7 Å². The van der Waals surface area contributed by atoms with E-state index in [0.29, 0.717) is 28.7 Å². The highest BCUT2D eigenvalue weighted by atomic mass is 35.5. The number of amides is 1. The van der Waals surface area contributed by atoms with Crippen LogP contribution in [0.4, 0.5) is 0 Å². The zero-order chi connectivity index (χ0) is 19.8. The standard InChI is InChI=1S/C17H18ClN3O5S/c1-4-5-26-13-7-11(18)10(6-12(13)24-2)9-19-21-17-20-16(23)14(27-17)8-15(22)25-3/h6-9H,4-5H2,1-3H3,(H,20,21,23)/b14-8+,19-9?. The summed E-state index contributed by atoms with van der Waals surface area (Å²) in [6, 6.07) is 3.33. The van der Waals surface area contributed by atoms with Gasteiger partial charge in [0.05, 0.1) is 37.0 Å². The van der Waals surface area contributed by atoms with Crippen LogP contribution in [0.2, 0.25) is 5.02 Å². The highest BCUT2D eigenvalue weighted by molar-refractivity contribution is 8.18. The number of amidine groups is 1. The van der Waals surface area contributed by atoms with Gasteiger partial charge in [0, 0.05) is 17.7 Å². The van der Waals surface area contributed by atoms with E-state index in [-0.39, 0.29) is 10.1 Å². The maximum absolute atomic E-state index is 11.7. The molecule has 0 bridgehead atoms. The van der Waals surface area contributed by atoms with Gasteiger partial charge in [-0.25, -0.2) is 4.79 Å². The molecule has 1 aromatic rings. The van der Waals surface area contributed by atoms with Gasteiger partial charge in [0.15, 0.2) is 16.7 Å². The Morgan fingerprint density at radius 2 is 2.11 bits per heavy atom. The van der Waals surface area contributed by atoms with Gasteiger partial charge in [-0.1, -0.05) is 18.5 Å². The molecule has 144 valence electrons. The maximum Gasteiger partial charge on any atom is 0.331 e. The van der Waals surface area contributed by atoms with Crippen molar-refractivity contribution in [2.75, 3.05) is 20.8 Å². The molecule has 1 aromatic carbocycles. The molecule has 1 heterocycles. The predicted octanol–water partition coefficient (Wildman–Crippen LogP) is 2.75. The fraction of sp³-hybridized carbons (Fsp3) is 0.294. The molecule has 27 heavy (non-hydrogen) atoms. The number of thioether (sulfide) groups is 1. The fourth-order valence-electron chi connectivity index (χ4n) is 1.92. The number of rotatable bonds is 7. The van der Waals surface area contributed by atoms with Crippen LogP contribution in [0.15, 0.2) is 33.3 Å². The number of carbonyl (C=O) groups excluding carboxylic acids is 2. The number of nitrogens with zero attached hydrogens (tertiary/aromatic N) is 2. The van der Waals surface area contributed by atoms with Crippen molar-refractivity contribution in [2.45, 2.75) is 13.3 Å². The van der Waals surface area contributed by atoms with Crippen LogP contribution in [0.5, 0.6) is 11.5 Å². The van der Waals surface area contributed by atoms with Crippen molar-refractivity contribution in [3.8, 4) is 11.5 Å². The first-order valence-electron chi connectivity index (χ1n) is 7.88. The zero-order valence-electron chi connectivity index (χ0n) is 14.9. The third-order valence-corrected chi connectivity index (χ3v) is 4.42. The van der Waals surface area contributed by atoms with Crippen LogP contribution in [0, 0.1) is 0 Å². The average Bonchev–Trinajstić information content (AvgIpc) is 3.00. The van der Waals surface area contributed by atoms with Crippen molar-refractivity contribution in [1.29, 1.82) is 0 Å². The predicted molar refractivity (Wildman–Crippen MR) is 105 cm³/mol. The lowest BCUT2D eigenvalue weighted by molar-refractivity contribution is -0.135. The highest BCUT2D eigenvalue weighted by Crippen LogP contribution is 2.33. The van der Waals surface area contributed by atoms with Gasteiger partial charge in [0.2, 0.25) is 0 Å². The first kappa shape index (κ1) is 20.8. The average molecular weight is 412 g/mol. The van der Waals surface area contributed by atoms with E-state index in [9.17, 15) is 9.59 Å². The minimum absolute atomic E-state index is 0.174. The molecule has 10 heteroatoms. The van der Waals surface area contributed by atoms with Gasteiger partial charge < -0.3 is 14.2 Å². The minimum atomic E-state index is -0.623. The molecule has 0 aromatic heterocycles. The van der Waals surface area contributed by atoms with E-state index in [2.05, 4.69) is 20.3 Å². The van der Waals surface area contributed by atoms with Crippen molar-refractivity contribution in [2.24, 2.45) is 10.2 Å². The maximum atomic E-state index is 11.7. The Morgan fingerprint density at radius 1 is 1.33 bits per heavy atom. The molecule has 0 unspecified atom stereocenters. The van der Waals surface area contributed by atoms with Gasteiger partial charge in [-0.3, -0.25) is 10.1 Å². The molecule has 2 rings (SSSR count). The van der Waals surface area contributed by atoms with Crippen LogP contribution >= 0.6 is 23.4 Å². The second-order valence-electron chi connectivity index (χ2n) is 5.11. The number of hydrogen-bond acceptors (Lipinski definition) is 8. The number of benzene rings is 1. The molecular formula is C17H18ClN3O5S. The first-order valence-corrected chi connectivity index (χ1v) is 9.08. The van der Waals surface area contributed by atoms with Crippen molar-refractivity contribution < 1.29 is 23.8 Å². The Bertz CT molecular complexity index is 823. The molecule has 1 saturated heterocycles.